The van der Waals surface area contributed by atoms with Crippen molar-refractivity contribution < 1.29 is 18.3 Å². The number of hydrogen-bond donors (Lipinski definition) is 3. The maximum absolute atomic E-state index is 12.2. The number of nitrogens with two attached hydrogens (primary N) is 2. The molecular weight excluding hydrogens is 268 g/mol. The van der Waals surface area contributed by atoms with Gasteiger partial charge in [0.05, 0.1) is 4.90 Å². The second kappa shape index (κ2) is 5.28. The van der Waals surface area contributed by atoms with Gasteiger partial charge in [-0.25, -0.2) is 13.2 Å². The second-order valence-corrected chi connectivity index (χ2v) is 6.83. The van der Waals surface area contributed by atoms with Gasteiger partial charge in [0.1, 0.15) is 0 Å². The molecule has 5 N–H and O–H groups in total. The van der Waals surface area contributed by atoms with E-state index in [4.69, 9.17) is 16.6 Å². The highest BCUT2D eigenvalue weighted by Crippen LogP contribution is 2.23. The van der Waals surface area contributed by atoms with Crippen LogP contribution in [0.5, 0.6) is 0 Å². The zero-order chi connectivity index (χ0) is 14.8. The number of benzene rings is 1. The molecular formula is C12H18N2O4S. The van der Waals surface area contributed by atoms with E-state index in [2.05, 4.69) is 0 Å². The SMILES string of the molecule is CC(C)c1ccc(S(=O)(=O)C(N)(CN)C(=O)O)cc1. The largest absolute Gasteiger partial charge is 0.479 e. The molecule has 0 spiro atoms. The average molecular weight is 286 g/mol. The number of carbonyl (C=O) groups is 1. The van der Waals surface area contributed by atoms with E-state index in [1.54, 1.807) is 12.1 Å². The first-order chi connectivity index (χ1) is 8.66. The van der Waals surface area contributed by atoms with Crippen LogP contribution in [0.1, 0.15) is 25.3 Å². The molecule has 7 heteroatoms. The van der Waals surface area contributed by atoms with E-state index in [0.29, 0.717) is 0 Å². The van der Waals surface area contributed by atoms with Gasteiger partial charge in [0, 0.05) is 6.54 Å². The summed E-state index contributed by atoms with van der Waals surface area (Å²) in [7, 11) is -4.24. The molecule has 0 aliphatic heterocycles. The van der Waals surface area contributed by atoms with Gasteiger partial charge < -0.3 is 16.6 Å². The Balaban J connectivity index is 3.31. The molecule has 0 aromatic heterocycles. The van der Waals surface area contributed by atoms with Gasteiger partial charge in [-0.2, -0.15) is 0 Å². The highest BCUT2D eigenvalue weighted by molar-refractivity contribution is 7.93. The summed E-state index contributed by atoms with van der Waals surface area (Å²) in [6, 6.07) is 5.97. The van der Waals surface area contributed by atoms with E-state index in [0.717, 1.165) is 5.56 Å². The highest BCUT2D eigenvalue weighted by Gasteiger charge is 2.47. The summed E-state index contributed by atoms with van der Waals surface area (Å²) in [4.78, 5) is 8.41. The van der Waals surface area contributed by atoms with Crippen LogP contribution in [0.25, 0.3) is 0 Å². The molecule has 6 nitrogen and oxygen atoms in total. The fourth-order valence-corrected chi connectivity index (χ4v) is 2.92. The van der Waals surface area contributed by atoms with Crippen molar-refractivity contribution in [3.05, 3.63) is 29.8 Å². The third-order valence-electron chi connectivity index (χ3n) is 3.00. The molecule has 0 saturated carbocycles. The lowest BCUT2D eigenvalue weighted by Gasteiger charge is -2.23. The van der Waals surface area contributed by atoms with Gasteiger partial charge in [0.25, 0.3) is 0 Å². The van der Waals surface area contributed by atoms with Crippen LogP contribution in [0.4, 0.5) is 0 Å². The van der Waals surface area contributed by atoms with Crippen molar-refractivity contribution in [2.24, 2.45) is 11.5 Å². The molecule has 1 atom stereocenters. The summed E-state index contributed by atoms with van der Waals surface area (Å²) < 4.78 is 24.4. The van der Waals surface area contributed by atoms with Crippen LogP contribution < -0.4 is 11.5 Å². The van der Waals surface area contributed by atoms with Crippen LogP contribution >= 0.6 is 0 Å². The van der Waals surface area contributed by atoms with Crippen molar-refractivity contribution in [3.63, 3.8) is 0 Å². The average Bonchev–Trinajstić information content (AvgIpc) is 2.37. The quantitative estimate of drug-likeness (QED) is 0.714. The third kappa shape index (κ3) is 2.63. The first-order valence-corrected chi connectivity index (χ1v) is 7.22. The molecule has 19 heavy (non-hydrogen) atoms. The van der Waals surface area contributed by atoms with E-state index in [-0.39, 0.29) is 10.8 Å². The van der Waals surface area contributed by atoms with Gasteiger partial charge in [-0.1, -0.05) is 26.0 Å². The highest BCUT2D eigenvalue weighted by atomic mass is 32.2. The van der Waals surface area contributed by atoms with Crippen LogP contribution in [0.3, 0.4) is 0 Å². The number of rotatable bonds is 5. The molecule has 0 amide bonds. The molecule has 0 heterocycles. The molecule has 0 aliphatic carbocycles. The van der Waals surface area contributed by atoms with Gasteiger partial charge in [0.15, 0.2) is 0 Å². The molecule has 0 saturated heterocycles. The van der Waals surface area contributed by atoms with Crippen LogP contribution in [-0.2, 0) is 14.6 Å². The lowest BCUT2D eigenvalue weighted by Crippen LogP contribution is -2.59. The summed E-state index contributed by atoms with van der Waals surface area (Å²) in [5, 5.41) is 8.99. The zero-order valence-electron chi connectivity index (χ0n) is 10.8. The van der Waals surface area contributed by atoms with E-state index < -0.39 is 27.2 Å². The summed E-state index contributed by atoms with van der Waals surface area (Å²) >= 11 is 0. The molecule has 0 fully saturated rings. The lowest BCUT2D eigenvalue weighted by molar-refractivity contribution is -0.139. The number of sulfone groups is 1. The predicted molar refractivity (Wildman–Crippen MR) is 71.3 cm³/mol. The van der Waals surface area contributed by atoms with Crippen LogP contribution in [0, 0.1) is 0 Å². The zero-order valence-corrected chi connectivity index (χ0v) is 11.6. The Kier molecular flexibility index (Phi) is 4.34. The van der Waals surface area contributed by atoms with Crippen molar-refractivity contribution >= 4 is 15.8 Å². The maximum Gasteiger partial charge on any atom is 0.341 e. The van der Waals surface area contributed by atoms with Crippen LogP contribution in [0.2, 0.25) is 0 Å². The normalized spacial score (nSPS) is 15.2. The van der Waals surface area contributed by atoms with Gasteiger partial charge in [-0.3, -0.25) is 0 Å². The van der Waals surface area contributed by atoms with Gasteiger partial charge >= 0.3 is 5.97 Å². The van der Waals surface area contributed by atoms with Gasteiger partial charge in [-0.05, 0) is 23.6 Å². The monoisotopic (exact) mass is 286 g/mol. The minimum Gasteiger partial charge on any atom is -0.479 e. The van der Waals surface area contributed by atoms with Gasteiger partial charge in [0.2, 0.25) is 14.7 Å². The maximum atomic E-state index is 12.2. The van der Waals surface area contributed by atoms with Crippen LogP contribution in [0.15, 0.2) is 29.2 Å². The Morgan fingerprint density at radius 1 is 1.32 bits per heavy atom. The smallest absolute Gasteiger partial charge is 0.341 e. The Morgan fingerprint density at radius 3 is 2.11 bits per heavy atom. The van der Waals surface area contributed by atoms with Gasteiger partial charge in [-0.15, -0.1) is 0 Å². The molecule has 1 aromatic carbocycles. The minimum absolute atomic E-state index is 0.146. The molecule has 106 valence electrons. The van der Waals surface area contributed by atoms with Crippen molar-refractivity contribution in [1.29, 1.82) is 0 Å². The number of hydrogen-bond acceptors (Lipinski definition) is 5. The molecule has 0 radical (unpaired) electrons. The molecule has 1 rings (SSSR count). The van der Waals surface area contributed by atoms with Crippen LogP contribution in [-0.4, -0.2) is 30.9 Å². The van der Waals surface area contributed by atoms with E-state index in [9.17, 15) is 13.2 Å². The van der Waals surface area contributed by atoms with E-state index in [1.165, 1.54) is 12.1 Å². The Bertz CT molecular complexity index is 566. The standard InChI is InChI=1S/C12H18N2O4S/c1-8(2)9-3-5-10(6-4-9)19(17,18)12(14,7-13)11(15)16/h3-6,8H,7,13-14H2,1-2H3,(H,15,16). The number of carboxylic acids is 1. The Labute approximate surface area is 112 Å². The summed E-state index contributed by atoms with van der Waals surface area (Å²) in [5.74, 6) is -1.42. The first kappa shape index (κ1) is 15.6. The van der Waals surface area contributed by atoms with Crippen molar-refractivity contribution in [3.8, 4) is 0 Å². The van der Waals surface area contributed by atoms with Crippen molar-refractivity contribution in [1.82, 2.24) is 0 Å². The van der Waals surface area contributed by atoms with Crippen molar-refractivity contribution in [2.75, 3.05) is 6.54 Å². The number of aliphatic carboxylic acids is 1. The third-order valence-corrected chi connectivity index (χ3v) is 5.19. The van der Waals surface area contributed by atoms with E-state index >= 15 is 0 Å². The minimum atomic E-state index is -4.24. The summed E-state index contributed by atoms with van der Waals surface area (Å²) in [6.07, 6.45) is 0. The Hall–Kier alpha value is -1.44. The first-order valence-electron chi connectivity index (χ1n) is 5.73. The summed E-state index contributed by atoms with van der Waals surface area (Å²) in [5.41, 5.74) is 11.6. The second-order valence-electron chi connectivity index (χ2n) is 4.63. The lowest BCUT2D eigenvalue weighted by atomic mass is 10.0. The molecule has 1 unspecified atom stereocenters. The molecule has 1 aromatic rings. The van der Waals surface area contributed by atoms with E-state index in [1.807, 2.05) is 13.8 Å². The molecule has 0 bridgehead atoms. The fourth-order valence-electron chi connectivity index (χ4n) is 1.55. The van der Waals surface area contributed by atoms with Crippen molar-refractivity contribution in [2.45, 2.75) is 29.5 Å². The molecule has 0 aliphatic rings. The summed E-state index contributed by atoms with van der Waals surface area (Å²) in [6.45, 7) is 3.23. The predicted octanol–water partition coefficient (Wildman–Crippen LogP) is 0.282. The number of carboxylic acid groups (broad SMARTS) is 1. The Morgan fingerprint density at radius 2 is 1.79 bits per heavy atom. The topological polar surface area (TPSA) is 123 Å². The fraction of sp³-hybridized carbons (Fsp3) is 0.417.